The Morgan fingerprint density at radius 2 is 1.89 bits per heavy atom. The van der Waals surface area contributed by atoms with Gasteiger partial charge >= 0.3 is 11.6 Å². The van der Waals surface area contributed by atoms with Gasteiger partial charge in [-0.2, -0.15) is 0 Å². The van der Waals surface area contributed by atoms with Crippen molar-refractivity contribution in [3.8, 4) is 5.75 Å². The Kier molecular flexibility index (Phi) is 5.66. The van der Waals surface area contributed by atoms with Crippen molar-refractivity contribution in [2.24, 2.45) is 0 Å². The van der Waals surface area contributed by atoms with Crippen molar-refractivity contribution in [2.75, 3.05) is 6.61 Å². The molecule has 27 heavy (non-hydrogen) atoms. The van der Waals surface area contributed by atoms with Crippen LogP contribution in [0.5, 0.6) is 5.75 Å². The molecule has 0 fully saturated rings. The van der Waals surface area contributed by atoms with Crippen LogP contribution < -0.4 is 10.4 Å². The second kappa shape index (κ2) is 8.31. The quantitative estimate of drug-likeness (QED) is 0.362. The predicted molar refractivity (Wildman–Crippen MR) is 99.0 cm³/mol. The van der Waals surface area contributed by atoms with Crippen molar-refractivity contribution in [1.82, 2.24) is 0 Å². The molecule has 2 aromatic carbocycles. The van der Waals surface area contributed by atoms with E-state index in [1.165, 1.54) is 6.07 Å². The SMILES string of the molecule is CCc1ccc2c(COC(=O)COc3ccc(C=O)cc3)cc(=O)oc2c1. The maximum atomic E-state index is 11.9. The van der Waals surface area contributed by atoms with Gasteiger partial charge in [0.1, 0.15) is 24.2 Å². The van der Waals surface area contributed by atoms with Gasteiger partial charge < -0.3 is 13.9 Å². The van der Waals surface area contributed by atoms with Crippen LogP contribution in [0, 0.1) is 0 Å². The summed E-state index contributed by atoms with van der Waals surface area (Å²) in [6.45, 7) is 1.68. The first-order valence-electron chi connectivity index (χ1n) is 8.48. The molecule has 0 aliphatic rings. The lowest BCUT2D eigenvalue weighted by Crippen LogP contribution is -2.15. The van der Waals surface area contributed by atoms with Gasteiger partial charge in [0.15, 0.2) is 6.61 Å². The van der Waals surface area contributed by atoms with Crippen LogP contribution in [0.25, 0.3) is 11.0 Å². The molecule has 3 rings (SSSR count). The normalized spacial score (nSPS) is 10.6. The number of carbonyl (C=O) groups is 2. The van der Waals surface area contributed by atoms with Gasteiger partial charge in [-0.1, -0.05) is 19.1 Å². The molecule has 1 aromatic heterocycles. The summed E-state index contributed by atoms with van der Waals surface area (Å²) in [5.74, 6) is -0.114. The summed E-state index contributed by atoms with van der Waals surface area (Å²) in [6, 6.07) is 13.3. The zero-order valence-electron chi connectivity index (χ0n) is 14.8. The summed E-state index contributed by atoms with van der Waals surface area (Å²) in [6.07, 6.45) is 1.55. The van der Waals surface area contributed by atoms with Crippen molar-refractivity contribution >= 4 is 23.2 Å². The van der Waals surface area contributed by atoms with Gasteiger partial charge in [-0.05, 0) is 42.3 Å². The van der Waals surface area contributed by atoms with Gasteiger partial charge in [0, 0.05) is 22.6 Å². The summed E-state index contributed by atoms with van der Waals surface area (Å²) in [5, 5.41) is 0.727. The first-order valence-corrected chi connectivity index (χ1v) is 8.48. The molecule has 0 bridgehead atoms. The van der Waals surface area contributed by atoms with E-state index in [2.05, 4.69) is 0 Å². The van der Waals surface area contributed by atoms with Crippen molar-refractivity contribution in [1.29, 1.82) is 0 Å². The zero-order valence-corrected chi connectivity index (χ0v) is 14.8. The maximum Gasteiger partial charge on any atom is 0.344 e. The number of ether oxygens (including phenoxy) is 2. The molecule has 1 heterocycles. The average Bonchev–Trinajstić information content (AvgIpc) is 2.70. The molecule has 0 atom stereocenters. The molecule has 0 aliphatic carbocycles. The van der Waals surface area contributed by atoms with Gasteiger partial charge in [-0.3, -0.25) is 4.79 Å². The van der Waals surface area contributed by atoms with Crippen LogP contribution in [0.4, 0.5) is 0 Å². The number of hydrogen-bond acceptors (Lipinski definition) is 6. The summed E-state index contributed by atoms with van der Waals surface area (Å²) in [7, 11) is 0. The highest BCUT2D eigenvalue weighted by Crippen LogP contribution is 2.20. The van der Waals surface area contributed by atoms with E-state index in [4.69, 9.17) is 13.9 Å². The second-order valence-corrected chi connectivity index (χ2v) is 5.91. The van der Waals surface area contributed by atoms with Crippen molar-refractivity contribution < 1.29 is 23.5 Å². The number of aldehydes is 1. The van der Waals surface area contributed by atoms with E-state index >= 15 is 0 Å². The van der Waals surface area contributed by atoms with E-state index in [-0.39, 0.29) is 13.2 Å². The largest absolute Gasteiger partial charge is 0.482 e. The number of carbonyl (C=O) groups excluding carboxylic acids is 2. The van der Waals surface area contributed by atoms with Gasteiger partial charge in [0.25, 0.3) is 0 Å². The third-order valence-corrected chi connectivity index (χ3v) is 4.06. The number of hydrogen-bond donors (Lipinski definition) is 0. The molecular formula is C21H18O6. The van der Waals surface area contributed by atoms with Crippen LogP contribution >= 0.6 is 0 Å². The van der Waals surface area contributed by atoms with Crippen molar-refractivity contribution in [3.05, 3.63) is 75.6 Å². The smallest absolute Gasteiger partial charge is 0.344 e. The molecule has 6 heteroatoms. The minimum atomic E-state index is -0.568. The number of benzene rings is 2. The van der Waals surface area contributed by atoms with Gasteiger partial charge in [-0.25, -0.2) is 9.59 Å². The number of fused-ring (bicyclic) bond motifs is 1. The fourth-order valence-corrected chi connectivity index (χ4v) is 2.60. The van der Waals surface area contributed by atoms with E-state index in [0.717, 1.165) is 23.7 Å². The Morgan fingerprint density at radius 1 is 1.11 bits per heavy atom. The summed E-state index contributed by atoms with van der Waals surface area (Å²) in [5.41, 5.74) is 2.13. The molecule has 0 N–H and O–H groups in total. The predicted octanol–water partition coefficient (Wildman–Crippen LogP) is 3.29. The van der Waals surface area contributed by atoms with Crippen LogP contribution in [-0.4, -0.2) is 18.9 Å². The van der Waals surface area contributed by atoms with Gasteiger partial charge in [0.05, 0.1) is 0 Å². The molecule has 3 aromatic rings. The molecule has 0 saturated carbocycles. The highest BCUT2D eigenvalue weighted by Gasteiger charge is 2.10. The van der Waals surface area contributed by atoms with Crippen LogP contribution in [0.2, 0.25) is 0 Å². The Balaban J connectivity index is 1.64. The molecule has 0 radical (unpaired) electrons. The van der Waals surface area contributed by atoms with E-state index in [9.17, 15) is 14.4 Å². The number of esters is 1. The summed E-state index contributed by atoms with van der Waals surface area (Å²) < 4.78 is 15.8. The lowest BCUT2D eigenvalue weighted by Gasteiger charge is -2.09. The highest BCUT2D eigenvalue weighted by atomic mass is 16.6. The molecule has 0 spiro atoms. The molecule has 6 nitrogen and oxygen atoms in total. The third kappa shape index (κ3) is 4.61. The van der Waals surface area contributed by atoms with E-state index in [1.807, 2.05) is 25.1 Å². The van der Waals surface area contributed by atoms with Crippen LogP contribution in [0.3, 0.4) is 0 Å². The van der Waals surface area contributed by atoms with Crippen molar-refractivity contribution in [2.45, 2.75) is 20.0 Å². The van der Waals surface area contributed by atoms with E-state index in [0.29, 0.717) is 22.5 Å². The van der Waals surface area contributed by atoms with E-state index in [1.54, 1.807) is 24.3 Å². The second-order valence-electron chi connectivity index (χ2n) is 5.91. The first-order chi connectivity index (χ1) is 13.1. The van der Waals surface area contributed by atoms with Crippen LogP contribution in [0.1, 0.15) is 28.4 Å². The molecule has 0 amide bonds. The zero-order chi connectivity index (χ0) is 19.2. The third-order valence-electron chi connectivity index (χ3n) is 4.06. The fraction of sp³-hybridized carbons (Fsp3) is 0.190. The minimum absolute atomic E-state index is 0.0557. The lowest BCUT2D eigenvalue weighted by molar-refractivity contribution is -0.147. The maximum absolute atomic E-state index is 11.9. The van der Waals surface area contributed by atoms with Crippen LogP contribution in [0.15, 0.2) is 57.7 Å². The Morgan fingerprint density at radius 3 is 2.59 bits per heavy atom. The molecule has 138 valence electrons. The summed E-state index contributed by atoms with van der Waals surface area (Å²) >= 11 is 0. The average molecular weight is 366 g/mol. The molecular weight excluding hydrogens is 348 g/mol. The fourth-order valence-electron chi connectivity index (χ4n) is 2.60. The van der Waals surface area contributed by atoms with Gasteiger partial charge in [-0.15, -0.1) is 0 Å². The van der Waals surface area contributed by atoms with Crippen LogP contribution in [-0.2, 0) is 22.6 Å². The van der Waals surface area contributed by atoms with Crippen molar-refractivity contribution in [3.63, 3.8) is 0 Å². The summed E-state index contributed by atoms with van der Waals surface area (Å²) in [4.78, 5) is 34.3. The number of rotatable bonds is 7. The minimum Gasteiger partial charge on any atom is -0.482 e. The number of aryl methyl sites for hydroxylation is 1. The highest BCUT2D eigenvalue weighted by molar-refractivity contribution is 5.81. The molecule has 0 unspecified atom stereocenters. The standard InChI is InChI=1S/C21H18O6/c1-2-14-5-8-18-16(10-20(23)27-19(18)9-14)12-26-21(24)13-25-17-6-3-15(11-22)4-7-17/h3-11H,2,12-13H2,1H3. The van der Waals surface area contributed by atoms with Gasteiger partial charge in [0.2, 0.25) is 0 Å². The molecule has 0 saturated heterocycles. The topological polar surface area (TPSA) is 82.8 Å². The Labute approximate surface area is 155 Å². The lowest BCUT2D eigenvalue weighted by atomic mass is 10.1. The monoisotopic (exact) mass is 366 g/mol. The molecule has 0 aliphatic heterocycles. The van der Waals surface area contributed by atoms with E-state index < -0.39 is 11.6 Å². The Bertz CT molecular complexity index is 1020. The Hall–Kier alpha value is -3.41. The first kappa shape index (κ1) is 18.4.